The average molecular weight is 343 g/mol. The summed E-state index contributed by atoms with van der Waals surface area (Å²) in [5.74, 6) is -4.38. The molecule has 0 saturated heterocycles. The van der Waals surface area contributed by atoms with Gasteiger partial charge in [-0.2, -0.15) is 0 Å². The molecule has 0 spiro atoms. The Hall–Kier alpha value is -3.16. The molecular formula is C18H17NO6. The van der Waals surface area contributed by atoms with Crippen LogP contribution in [0.15, 0.2) is 83.7 Å². The Morgan fingerprint density at radius 1 is 0.720 bits per heavy atom. The molecule has 130 valence electrons. The highest BCUT2D eigenvalue weighted by molar-refractivity contribution is 5.68. The minimum atomic E-state index is -2.65. The zero-order valence-corrected chi connectivity index (χ0v) is 13.0. The van der Waals surface area contributed by atoms with Crippen molar-refractivity contribution in [1.82, 2.24) is 0 Å². The fourth-order valence-electron chi connectivity index (χ4n) is 2.78. The van der Waals surface area contributed by atoms with Crippen molar-refractivity contribution < 1.29 is 30.6 Å². The average Bonchev–Trinajstić information content (AvgIpc) is 2.65. The summed E-state index contributed by atoms with van der Waals surface area (Å²) in [6.07, 6.45) is -2.12. The van der Waals surface area contributed by atoms with Crippen molar-refractivity contribution in [2.45, 2.75) is 11.8 Å². The van der Waals surface area contributed by atoms with Crippen molar-refractivity contribution in [1.29, 1.82) is 0 Å². The van der Waals surface area contributed by atoms with Crippen LogP contribution in [0.1, 0.15) is 0 Å². The van der Waals surface area contributed by atoms with Gasteiger partial charge >= 0.3 is 0 Å². The molecule has 2 atom stereocenters. The highest BCUT2D eigenvalue weighted by atomic mass is 16.4. The van der Waals surface area contributed by atoms with Crippen LogP contribution in [0.25, 0.3) is 0 Å². The van der Waals surface area contributed by atoms with E-state index in [9.17, 15) is 30.6 Å². The minimum absolute atomic E-state index is 0.365. The number of para-hydroxylation sites is 2. The molecule has 1 aliphatic rings. The lowest BCUT2D eigenvalue weighted by molar-refractivity contribution is -0.0770. The van der Waals surface area contributed by atoms with E-state index in [-0.39, 0.29) is 0 Å². The Balaban J connectivity index is 2.27. The van der Waals surface area contributed by atoms with E-state index < -0.39 is 34.9 Å². The van der Waals surface area contributed by atoms with Gasteiger partial charge in [-0.3, -0.25) is 0 Å². The number of benzene rings is 2. The molecule has 7 heteroatoms. The second kappa shape index (κ2) is 6.04. The maximum absolute atomic E-state index is 11.1. The molecule has 2 aromatic carbocycles. The van der Waals surface area contributed by atoms with Crippen molar-refractivity contribution >= 4 is 11.4 Å². The topological polar surface area (TPSA) is 125 Å². The molecule has 2 aromatic rings. The molecule has 6 N–H and O–H groups in total. The molecule has 7 nitrogen and oxygen atoms in total. The lowest BCUT2D eigenvalue weighted by atomic mass is 9.92. The number of aliphatic hydroxyl groups is 6. The van der Waals surface area contributed by atoms with Crippen LogP contribution < -0.4 is 4.90 Å². The van der Waals surface area contributed by atoms with Crippen LogP contribution in [0.2, 0.25) is 0 Å². The summed E-state index contributed by atoms with van der Waals surface area (Å²) < 4.78 is 0. The molecule has 0 bridgehead atoms. The third kappa shape index (κ3) is 2.46. The third-order valence-electron chi connectivity index (χ3n) is 4.05. The zero-order chi connectivity index (χ0) is 18.2. The van der Waals surface area contributed by atoms with E-state index in [4.69, 9.17) is 0 Å². The van der Waals surface area contributed by atoms with Gasteiger partial charge in [0.05, 0.1) is 0 Å². The Kier molecular flexibility index (Phi) is 4.03. The van der Waals surface area contributed by atoms with Gasteiger partial charge in [0, 0.05) is 11.4 Å². The lowest BCUT2D eigenvalue weighted by Gasteiger charge is -2.44. The molecule has 3 rings (SSSR count). The molecule has 0 fully saturated rings. The molecule has 0 aromatic heterocycles. The van der Waals surface area contributed by atoms with Crippen LogP contribution in [0.4, 0.5) is 11.4 Å². The first-order valence-corrected chi connectivity index (χ1v) is 7.45. The molecule has 2 unspecified atom stereocenters. The highest BCUT2D eigenvalue weighted by Gasteiger charge is 2.54. The SMILES string of the molecule is OC1=C(O)C(O)C(O)(N(c2ccccc2)c2ccccc2)C(O)=C1O. The van der Waals surface area contributed by atoms with Crippen molar-refractivity contribution in [3.63, 3.8) is 0 Å². The van der Waals surface area contributed by atoms with Crippen LogP contribution in [0.3, 0.4) is 0 Å². The van der Waals surface area contributed by atoms with Crippen molar-refractivity contribution in [2.75, 3.05) is 4.90 Å². The molecule has 0 saturated carbocycles. The lowest BCUT2D eigenvalue weighted by Crippen LogP contribution is -2.59. The molecule has 0 heterocycles. The van der Waals surface area contributed by atoms with Crippen molar-refractivity contribution in [3.05, 3.63) is 83.7 Å². The predicted octanol–water partition coefficient (Wildman–Crippen LogP) is 2.54. The Bertz CT molecular complexity index is 794. The maximum Gasteiger partial charge on any atom is 0.239 e. The molecule has 0 aliphatic heterocycles. The summed E-state index contributed by atoms with van der Waals surface area (Å²) in [4.78, 5) is 1.14. The quantitative estimate of drug-likeness (QED) is 0.473. The van der Waals surface area contributed by atoms with Gasteiger partial charge in [0.15, 0.2) is 17.6 Å². The monoisotopic (exact) mass is 343 g/mol. The van der Waals surface area contributed by atoms with E-state index >= 15 is 0 Å². The van der Waals surface area contributed by atoms with Gasteiger partial charge in [0.2, 0.25) is 17.2 Å². The maximum atomic E-state index is 11.1. The van der Waals surface area contributed by atoms with E-state index in [2.05, 4.69) is 0 Å². The Morgan fingerprint density at radius 3 is 1.60 bits per heavy atom. The van der Waals surface area contributed by atoms with Crippen LogP contribution in [-0.4, -0.2) is 42.5 Å². The smallest absolute Gasteiger partial charge is 0.239 e. The van der Waals surface area contributed by atoms with Gasteiger partial charge in [0.1, 0.15) is 0 Å². The summed E-state index contributed by atoms with van der Waals surface area (Å²) in [7, 11) is 0. The first kappa shape index (κ1) is 16.7. The van der Waals surface area contributed by atoms with E-state index in [1.807, 2.05) is 0 Å². The summed E-state index contributed by atoms with van der Waals surface area (Å²) in [6, 6.07) is 16.6. The Labute approximate surface area is 143 Å². The van der Waals surface area contributed by atoms with Gasteiger partial charge in [0.25, 0.3) is 0 Å². The van der Waals surface area contributed by atoms with E-state index in [1.54, 1.807) is 60.7 Å². The third-order valence-corrected chi connectivity index (χ3v) is 4.05. The van der Waals surface area contributed by atoms with Gasteiger partial charge in [-0.25, -0.2) is 0 Å². The predicted molar refractivity (Wildman–Crippen MR) is 90.5 cm³/mol. The first-order chi connectivity index (χ1) is 11.9. The molecule has 0 radical (unpaired) electrons. The minimum Gasteiger partial charge on any atom is -0.506 e. The second-order valence-corrected chi connectivity index (χ2v) is 5.57. The van der Waals surface area contributed by atoms with E-state index in [0.717, 1.165) is 4.90 Å². The number of hydrogen-bond donors (Lipinski definition) is 6. The zero-order valence-electron chi connectivity index (χ0n) is 13.0. The summed E-state index contributed by atoms with van der Waals surface area (Å²) >= 11 is 0. The van der Waals surface area contributed by atoms with E-state index in [0.29, 0.717) is 11.4 Å². The van der Waals surface area contributed by atoms with E-state index in [1.165, 1.54) is 0 Å². The first-order valence-electron chi connectivity index (χ1n) is 7.45. The van der Waals surface area contributed by atoms with Crippen LogP contribution in [0.5, 0.6) is 0 Å². The van der Waals surface area contributed by atoms with Gasteiger partial charge in [-0.15, -0.1) is 0 Å². The Morgan fingerprint density at radius 2 is 1.16 bits per heavy atom. The number of nitrogens with zero attached hydrogens (tertiary/aromatic N) is 1. The second-order valence-electron chi connectivity index (χ2n) is 5.57. The van der Waals surface area contributed by atoms with Crippen molar-refractivity contribution in [3.8, 4) is 0 Å². The number of anilines is 2. The molecular weight excluding hydrogens is 326 g/mol. The molecule has 1 aliphatic carbocycles. The molecule has 25 heavy (non-hydrogen) atoms. The molecule has 0 amide bonds. The number of rotatable bonds is 3. The summed E-state index contributed by atoms with van der Waals surface area (Å²) in [6.45, 7) is 0. The summed E-state index contributed by atoms with van der Waals surface area (Å²) in [5.41, 5.74) is -1.92. The van der Waals surface area contributed by atoms with Gasteiger partial charge in [-0.05, 0) is 24.3 Å². The standard InChI is InChI=1S/C18H17NO6/c20-13-14(21)16(23)18(25,17(24)15(13)22)19(11-7-3-1-4-8-11)12-9-5-2-6-10-12/h1-10,16,20-25H. The van der Waals surface area contributed by atoms with Crippen molar-refractivity contribution in [2.24, 2.45) is 0 Å². The largest absolute Gasteiger partial charge is 0.506 e. The number of hydrogen-bond acceptors (Lipinski definition) is 7. The van der Waals surface area contributed by atoms with Crippen LogP contribution in [-0.2, 0) is 0 Å². The highest BCUT2D eigenvalue weighted by Crippen LogP contribution is 2.42. The number of aliphatic hydroxyl groups excluding tert-OH is 5. The fraction of sp³-hybridized carbons (Fsp3) is 0.111. The summed E-state index contributed by atoms with van der Waals surface area (Å²) in [5, 5.41) is 61.2. The fourth-order valence-corrected chi connectivity index (χ4v) is 2.78. The van der Waals surface area contributed by atoms with Crippen LogP contribution in [0, 0.1) is 0 Å². The van der Waals surface area contributed by atoms with Gasteiger partial charge in [-0.1, -0.05) is 36.4 Å². The van der Waals surface area contributed by atoms with Gasteiger partial charge < -0.3 is 35.5 Å². The van der Waals surface area contributed by atoms with Crippen LogP contribution >= 0.6 is 0 Å². The normalized spacial score (nSPS) is 23.7.